The highest BCUT2D eigenvalue weighted by atomic mass is 15.0. The molecule has 1 heterocycles. The zero-order valence-electron chi connectivity index (χ0n) is 12.5. The first kappa shape index (κ1) is 13.9. The summed E-state index contributed by atoms with van der Waals surface area (Å²) in [6.45, 7) is 2.27. The van der Waals surface area contributed by atoms with Crippen LogP contribution in [0.15, 0.2) is 30.3 Å². The maximum absolute atomic E-state index is 9.36. The Balaban J connectivity index is 1.82. The average Bonchev–Trinajstić information content (AvgIpc) is 2.55. The minimum Gasteiger partial charge on any atom is -0.366 e. The second kappa shape index (κ2) is 6.13. The van der Waals surface area contributed by atoms with Gasteiger partial charge in [-0.1, -0.05) is 31.5 Å². The monoisotopic (exact) mass is 279 g/mol. The summed E-state index contributed by atoms with van der Waals surface area (Å²) < 4.78 is 0. The average molecular weight is 279 g/mol. The van der Waals surface area contributed by atoms with Crippen LogP contribution in [0.25, 0.3) is 10.9 Å². The molecule has 1 aliphatic carbocycles. The largest absolute Gasteiger partial charge is 0.366 e. The summed E-state index contributed by atoms with van der Waals surface area (Å²) in [5.41, 5.74) is 1.59. The second-order valence-electron chi connectivity index (χ2n) is 5.96. The number of nitrogens with zero attached hydrogens (tertiary/aromatic N) is 2. The molecule has 108 valence electrons. The minimum absolute atomic E-state index is 0.452. The molecule has 3 heteroatoms. The van der Waals surface area contributed by atoms with Crippen LogP contribution < -0.4 is 5.32 Å². The van der Waals surface area contributed by atoms with E-state index in [1.807, 2.05) is 30.3 Å². The molecule has 1 aliphatic rings. The molecule has 0 aliphatic heterocycles. The van der Waals surface area contributed by atoms with Crippen molar-refractivity contribution in [3.63, 3.8) is 0 Å². The van der Waals surface area contributed by atoms with E-state index in [0.717, 1.165) is 22.6 Å². The van der Waals surface area contributed by atoms with Crippen LogP contribution in [0.5, 0.6) is 0 Å². The molecule has 0 spiro atoms. The van der Waals surface area contributed by atoms with E-state index in [1.165, 1.54) is 32.1 Å². The molecule has 0 atom stereocenters. The first-order chi connectivity index (χ1) is 10.3. The summed E-state index contributed by atoms with van der Waals surface area (Å²) in [7, 11) is 0. The highest BCUT2D eigenvalue weighted by Crippen LogP contribution is 2.29. The van der Waals surface area contributed by atoms with Gasteiger partial charge in [-0.25, -0.2) is 4.98 Å². The molecule has 21 heavy (non-hydrogen) atoms. The van der Waals surface area contributed by atoms with Crippen LogP contribution in [-0.4, -0.2) is 11.0 Å². The minimum atomic E-state index is 0.452. The van der Waals surface area contributed by atoms with Crippen LogP contribution in [0.3, 0.4) is 0 Å². The Labute approximate surface area is 126 Å². The van der Waals surface area contributed by atoms with Crippen molar-refractivity contribution < 1.29 is 0 Å². The van der Waals surface area contributed by atoms with E-state index in [1.54, 1.807) is 0 Å². The number of aromatic nitrogens is 1. The van der Waals surface area contributed by atoms with Crippen LogP contribution in [0.2, 0.25) is 0 Å². The van der Waals surface area contributed by atoms with Gasteiger partial charge in [0.2, 0.25) is 0 Å². The number of benzene rings is 1. The molecule has 0 saturated heterocycles. The van der Waals surface area contributed by atoms with Crippen LogP contribution in [0.1, 0.15) is 44.6 Å². The van der Waals surface area contributed by atoms with E-state index < -0.39 is 0 Å². The molecular formula is C18H21N3. The maximum Gasteiger partial charge on any atom is 0.144 e. The fraction of sp³-hybridized carbons (Fsp3) is 0.444. The molecule has 1 aromatic carbocycles. The number of rotatable bonds is 3. The molecular weight excluding hydrogens is 258 g/mol. The van der Waals surface area contributed by atoms with Gasteiger partial charge in [0.25, 0.3) is 0 Å². The molecule has 1 N–H and O–H groups in total. The van der Waals surface area contributed by atoms with E-state index in [-0.39, 0.29) is 0 Å². The zero-order chi connectivity index (χ0) is 14.7. The van der Waals surface area contributed by atoms with Gasteiger partial charge in [0.1, 0.15) is 11.9 Å². The predicted molar refractivity (Wildman–Crippen MR) is 86.1 cm³/mol. The van der Waals surface area contributed by atoms with Crippen LogP contribution in [-0.2, 0) is 0 Å². The molecule has 0 unspecified atom stereocenters. The van der Waals surface area contributed by atoms with Crippen molar-refractivity contribution in [1.29, 1.82) is 5.26 Å². The van der Waals surface area contributed by atoms with E-state index in [4.69, 9.17) is 0 Å². The van der Waals surface area contributed by atoms with Gasteiger partial charge in [0.15, 0.2) is 0 Å². The number of nitrogens with one attached hydrogen (secondary N) is 1. The molecule has 1 fully saturated rings. The van der Waals surface area contributed by atoms with E-state index in [0.29, 0.717) is 11.6 Å². The number of hydrogen-bond donors (Lipinski definition) is 1. The second-order valence-corrected chi connectivity index (χ2v) is 5.96. The maximum atomic E-state index is 9.36. The van der Waals surface area contributed by atoms with E-state index in [2.05, 4.69) is 23.3 Å². The first-order valence-electron chi connectivity index (χ1n) is 7.86. The lowest BCUT2D eigenvalue weighted by Gasteiger charge is -2.29. The lowest BCUT2D eigenvalue weighted by atomic mass is 9.84. The Bertz CT molecular complexity index is 664. The third-order valence-electron chi connectivity index (χ3n) is 4.61. The summed E-state index contributed by atoms with van der Waals surface area (Å²) in [4.78, 5) is 4.65. The molecule has 1 saturated carbocycles. The predicted octanol–water partition coefficient (Wildman–Crippen LogP) is 4.49. The van der Waals surface area contributed by atoms with Crippen molar-refractivity contribution in [2.45, 2.75) is 45.1 Å². The number of para-hydroxylation sites is 1. The van der Waals surface area contributed by atoms with Crippen LogP contribution in [0, 0.1) is 17.2 Å². The SMILES string of the molecule is CCC1CCC(Nc2nc3ccccc3cc2C#N)CC1. The van der Waals surface area contributed by atoms with Gasteiger partial charge in [-0.2, -0.15) is 5.26 Å². The fourth-order valence-electron chi connectivity index (χ4n) is 3.22. The lowest BCUT2D eigenvalue weighted by Crippen LogP contribution is -2.26. The Morgan fingerprint density at radius 3 is 2.71 bits per heavy atom. The summed E-state index contributed by atoms with van der Waals surface area (Å²) in [5.74, 6) is 1.62. The van der Waals surface area contributed by atoms with E-state index in [9.17, 15) is 5.26 Å². The van der Waals surface area contributed by atoms with Gasteiger partial charge in [-0.05, 0) is 43.7 Å². The van der Waals surface area contributed by atoms with Gasteiger partial charge in [-0.15, -0.1) is 0 Å². The number of fused-ring (bicyclic) bond motifs is 1. The standard InChI is InChI=1S/C18H21N3/c1-2-13-7-9-16(10-8-13)20-18-15(12-19)11-14-5-3-4-6-17(14)21-18/h3-6,11,13,16H,2,7-10H2,1H3,(H,20,21). The van der Waals surface area contributed by atoms with Crippen molar-refractivity contribution >= 4 is 16.7 Å². The molecule has 1 aromatic heterocycles. The van der Waals surface area contributed by atoms with Crippen molar-refractivity contribution in [3.8, 4) is 6.07 Å². The summed E-state index contributed by atoms with van der Waals surface area (Å²) in [6.07, 6.45) is 6.20. The van der Waals surface area contributed by atoms with Crippen molar-refractivity contribution in [1.82, 2.24) is 4.98 Å². The molecule has 3 rings (SSSR count). The quantitative estimate of drug-likeness (QED) is 0.900. The topological polar surface area (TPSA) is 48.7 Å². The fourth-order valence-corrected chi connectivity index (χ4v) is 3.22. The highest BCUT2D eigenvalue weighted by Gasteiger charge is 2.21. The van der Waals surface area contributed by atoms with Crippen molar-refractivity contribution in [2.24, 2.45) is 5.92 Å². The van der Waals surface area contributed by atoms with Crippen molar-refractivity contribution in [3.05, 3.63) is 35.9 Å². The molecule has 0 radical (unpaired) electrons. The number of hydrogen-bond acceptors (Lipinski definition) is 3. The summed E-state index contributed by atoms with van der Waals surface area (Å²) >= 11 is 0. The summed E-state index contributed by atoms with van der Waals surface area (Å²) in [6, 6.07) is 12.6. The lowest BCUT2D eigenvalue weighted by molar-refractivity contribution is 0.330. The Hall–Kier alpha value is -2.08. The van der Waals surface area contributed by atoms with Crippen LogP contribution in [0.4, 0.5) is 5.82 Å². The zero-order valence-corrected chi connectivity index (χ0v) is 12.5. The molecule has 2 aromatic rings. The highest BCUT2D eigenvalue weighted by molar-refractivity contribution is 5.82. The molecule has 3 nitrogen and oxygen atoms in total. The molecule has 0 amide bonds. The third kappa shape index (κ3) is 3.00. The molecule has 0 bridgehead atoms. The number of anilines is 1. The summed E-state index contributed by atoms with van der Waals surface area (Å²) in [5, 5.41) is 13.9. The Morgan fingerprint density at radius 1 is 1.24 bits per heavy atom. The third-order valence-corrected chi connectivity index (χ3v) is 4.61. The number of nitriles is 1. The normalized spacial score (nSPS) is 21.9. The first-order valence-corrected chi connectivity index (χ1v) is 7.86. The van der Waals surface area contributed by atoms with Gasteiger partial charge in [0.05, 0.1) is 11.1 Å². The van der Waals surface area contributed by atoms with E-state index >= 15 is 0 Å². The van der Waals surface area contributed by atoms with Gasteiger partial charge < -0.3 is 5.32 Å². The van der Waals surface area contributed by atoms with Crippen LogP contribution >= 0.6 is 0 Å². The van der Waals surface area contributed by atoms with Gasteiger partial charge in [0, 0.05) is 11.4 Å². The van der Waals surface area contributed by atoms with Gasteiger partial charge >= 0.3 is 0 Å². The Kier molecular flexibility index (Phi) is 4.06. The smallest absolute Gasteiger partial charge is 0.144 e. The Morgan fingerprint density at radius 2 is 2.00 bits per heavy atom. The van der Waals surface area contributed by atoms with Crippen molar-refractivity contribution in [2.75, 3.05) is 5.32 Å². The number of pyridine rings is 1. The van der Waals surface area contributed by atoms with Gasteiger partial charge in [-0.3, -0.25) is 0 Å².